The van der Waals surface area contributed by atoms with E-state index in [2.05, 4.69) is 45.6 Å². The minimum Gasteiger partial charge on any atom is -0.374 e. The SMILES string of the molecule is Cc1noc(CCNCc2ccc3c(c2)CCN3C)n1. The first-order valence-corrected chi connectivity index (χ1v) is 7.05. The fourth-order valence-electron chi connectivity index (χ4n) is 2.60. The van der Waals surface area contributed by atoms with Gasteiger partial charge in [-0.25, -0.2) is 0 Å². The first-order chi connectivity index (χ1) is 9.72. The van der Waals surface area contributed by atoms with Crippen LogP contribution in [-0.4, -0.2) is 30.3 Å². The van der Waals surface area contributed by atoms with E-state index in [9.17, 15) is 0 Å². The maximum absolute atomic E-state index is 5.08. The van der Waals surface area contributed by atoms with Gasteiger partial charge in [-0.05, 0) is 30.5 Å². The molecule has 106 valence electrons. The number of likely N-dealkylation sites (N-methyl/N-ethyl adjacent to an activating group) is 1. The molecule has 2 aromatic rings. The molecule has 1 aliphatic heterocycles. The molecular weight excluding hydrogens is 252 g/mol. The zero-order chi connectivity index (χ0) is 13.9. The van der Waals surface area contributed by atoms with Crippen LogP contribution in [0.3, 0.4) is 0 Å². The van der Waals surface area contributed by atoms with Gasteiger partial charge in [-0.1, -0.05) is 17.3 Å². The summed E-state index contributed by atoms with van der Waals surface area (Å²) >= 11 is 0. The number of aromatic nitrogens is 2. The number of hydrogen-bond acceptors (Lipinski definition) is 5. The molecule has 0 unspecified atom stereocenters. The lowest BCUT2D eigenvalue weighted by Gasteiger charge is -2.12. The number of nitrogens with one attached hydrogen (secondary N) is 1. The van der Waals surface area contributed by atoms with Crippen LogP contribution in [0.4, 0.5) is 5.69 Å². The Morgan fingerprint density at radius 3 is 3.10 bits per heavy atom. The number of benzene rings is 1. The number of aryl methyl sites for hydroxylation is 1. The van der Waals surface area contributed by atoms with E-state index < -0.39 is 0 Å². The van der Waals surface area contributed by atoms with Gasteiger partial charge in [0.15, 0.2) is 5.82 Å². The highest BCUT2D eigenvalue weighted by molar-refractivity contribution is 5.58. The van der Waals surface area contributed by atoms with Crippen molar-refractivity contribution in [1.82, 2.24) is 15.5 Å². The molecule has 0 amide bonds. The van der Waals surface area contributed by atoms with Gasteiger partial charge in [-0.3, -0.25) is 0 Å². The zero-order valence-corrected chi connectivity index (χ0v) is 12.0. The van der Waals surface area contributed by atoms with Crippen molar-refractivity contribution < 1.29 is 4.52 Å². The number of anilines is 1. The monoisotopic (exact) mass is 272 g/mol. The van der Waals surface area contributed by atoms with Gasteiger partial charge < -0.3 is 14.7 Å². The second-order valence-corrected chi connectivity index (χ2v) is 5.30. The van der Waals surface area contributed by atoms with Crippen LogP contribution in [0.2, 0.25) is 0 Å². The quantitative estimate of drug-likeness (QED) is 0.840. The maximum Gasteiger partial charge on any atom is 0.227 e. The highest BCUT2D eigenvalue weighted by Gasteiger charge is 2.15. The summed E-state index contributed by atoms with van der Waals surface area (Å²) in [7, 11) is 2.15. The summed E-state index contributed by atoms with van der Waals surface area (Å²) < 4.78 is 5.08. The van der Waals surface area contributed by atoms with E-state index in [1.807, 2.05) is 6.92 Å². The number of nitrogens with zero attached hydrogens (tertiary/aromatic N) is 3. The Morgan fingerprint density at radius 1 is 1.40 bits per heavy atom. The summed E-state index contributed by atoms with van der Waals surface area (Å²) in [5, 5.41) is 7.20. The van der Waals surface area contributed by atoms with Gasteiger partial charge in [0.2, 0.25) is 5.89 Å². The second-order valence-electron chi connectivity index (χ2n) is 5.30. The summed E-state index contributed by atoms with van der Waals surface area (Å²) in [6.07, 6.45) is 1.93. The van der Waals surface area contributed by atoms with E-state index in [4.69, 9.17) is 4.52 Å². The molecule has 0 saturated heterocycles. The lowest BCUT2D eigenvalue weighted by molar-refractivity contribution is 0.372. The van der Waals surface area contributed by atoms with Crippen LogP contribution >= 0.6 is 0 Å². The average Bonchev–Trinajstić information content (AvgIpc) is 3.02. The third kappa shape index (κ3) is 2.82. The van der Waals surface area contributed by atoms with Gasteiger partial charge in [0.05, 0.1) is 0 Å². The molecular formula is C15H20N4O. The van der Waals surface area contributed by atoms with Crippen LogP contribution < -0.4 is 10.2 Å². The molecule has 0 bridgehead atoms. The van der Waals surface area contributed by atoms with Gasteiger partial charge >= 0.3 is 0 Å². The Balaban J connectivity index is 1.49. The molecule has 1 aliphatic rings. The molecule has 1 aromatic carbocycles. The third-order valence-electron chi connectivity index (χ3n) is 3.69. The van der Waals surface area contributed by atoms with Gasteiger partial charge in [-0.15, -0.1) is 0 Å². The predicted octanol–water partition coefficient (Wildman–Crippen LogP) is 1.70. The van der Waals surface area contributed by atoms with Crippen LogP contribution in [0.5, 0.6) is 0 Å². The van der Waals surface area contributed by atoms with E-state index in [0.29, 0.717) is 11.7 Å². The highest BCUT2D eigenvalue weighted by atomic mass is 16.5. The molecule has 0 aliphatic carbocycles. The molecule has 0 fully saturated rings. The fraction of sp³-hybridized carbons (Fsp3) is 0.467. The minimum atomic E-state index is 0.697. The van der Waals surface area contributed by atoms with Crippen molar-refractivity contribution in [2.75, 3.05) is 25.0 Å². The molecule has 2 heterocycles. The van der Waals surface area contributed by atoms with Crippen LogP contribution in [0.1, 0.15) is 22.8 Å². The third-order valence-corrected chi connectivity index (χ3v) is 3.69. The second kappa shape index (κ2) is 5.63. The number of fused-ring (bicyclic) bond motifs is 1. The average molecular weight is 272 g/mol. The smallest absolute Gasteiger partial charge is 0.227 e. The number of rotatable bonds is 5. The van der Waals surface area contributed by atoms with E-state index in [1.54, 1.807) is 0 Å². The molecule has 0 radical (unpaired) electrons. The Morgan fingerprint density at radius 2 is 2.30 bits per heavy atom. The summed E-state index contributed by atoms with van der Waals surface area (Å²) in [5.41, 5.74) is 4.16. The molecule has 0 atom stereocenters. The predicted molar refractivity (Wildman–Crippen MR) is 77.9 cm³/mol. The molecule has 5 heteroatoms. The van der Waals surface area contributed by atoms with Crippen LogP contribution in [-0.2, 0) is 19.4 Å². The summed E-state index contributed by atoms with van der Waals surface area (Å²) in [6, 6.07) is 6.73. The molecule has 5 nitrogen and oxygen atoms in total. The Kier molecular flexibility index (Phi) is 3.69. The van der Waals surface area contributed by atoms with E-state index in [-0.39, 0.29) is 0 Å². The fourth-order valence-corrected chi connectivity index (χ4v) is 2.60. The normalized spacial score (nSPS) is 13.8. The van der Waals surface area contributed by atoms with Gasteiger partial charge in [0.25, 0.3) is 0 Å². The van der Waals surface area contributed by atoms with Crippen LogP contribution in [0.25, 0.3) is 0 Å². The zero-order valence-electron chi connectivity index (χ0n) is 12.0. The van der Waals surface area contributed by atoms with Crippen molar-refractivity contribution >= 4 is 5.69 Å². The van der Waals surface area contributed by atoms with E-state index in [1.165, 1.54) is 16.8 Å². The first kappa shape index (κ1) is 13.1. The van der Waals surface area contributed by atoms with Crippen molar-refractivity contribution in [3.8, 4) is 0 Å². The summed E-state index contributed by atoms with van der Waals surface area (Å²) in [6.45, 7) is 4.69. The minimum absolute atomic E-state index is 0.697. The summed E-state index contributed by atoms with van der Waals surface area (Å²) in [4.78, 5) is 6.50. The van der Waals surface area contributed by atoms with E-state index in [0.717, 1.165) is 32.5 Å². The highest BCUT2D eigenvalue weighted by Crippen LogP contribution is 2.27. The molecule has 1 N–H and O–H groups in total. The standard InChI is InChI=1S/C15H20N4O/c1-11-17-15(20-18-11)5-7-16-10-12-3-4-14-13(9-12)6-8-19(14)2/h3-4,9,16H,5-8,10H2,1-2H3. The van der Waals surface area contributed by atoms with Crippen LogP contribution in [0, 0.1) is 6.92 Å². The van der Waals surface area contributed by atoms with Gasteiger partial charge in [0.1, 0.15) is 0 Å². The largest absolute Gasteiger partial charge is 0.374 e. The van der Waals surface area contributed by atoms with Crippen molar-refractivity contribution in [3.05, 3.63) is 41.0 Å². The van der Waals surface area contributed by atoms with Crippen LogP contribution in [0.15, 0.2) is 22.7 Å². The van der Waals surface area contributed by atoms with Gasteiger partial charge in [0, 0.05) is 38.8 Å². The lowest BCUT2D eigenvalue weighted by atomic mass is 10.1. The first-order valence-electron chi connectivity index (χ1n) is 7.05. The van der Waals surface area contributed by atoms with E-state index >= 15 is 0 Å². The van der Waals surface area contributed by atoms with Gasteiger partial charge in [-0.2, -0.15) is 4.98 Å². The molecule has 0 spiro atoms. The molecule has 3 rings (SSSR count). The maximum atomic E-state index is 5.08. The Labute approximate surface area is 119 Å². The number of hydrogen-bond donors (Lipinski definition) is 1. The topological polar surface area (TPSA) is 54.2 Å². The van der Waals surface area contributed by atoms with Crippen molar-refractivity contribution in [2.24, 2.45) is 0 Å². The van der Waals surface area contributed by atoms with Crippen molar-refractivity contribution in [3.63, 3.8) is 0 Å². The molecule has 1 aromatic heterocycles. The van der Waals surface area contributed by atoms with Crippen molar-refractivity contribution in [2.45, 2.75) is 26.3 Å². The van der Waals surface area contributed by atoms with Crippen molar-refractivity contribution in [1.29, 1.82) is 0 Å². The Bertz CT molecular complexity index is 593. The molecule has 20 heavy (non-hydrogen) atoms. The molecule has 0 saturated carbocycles. The lowest BCUT2D eigenvalue weighted by Crippen LogP contribution is -2.17. The summed E-state index contributed by atoms with van der Waals surface area (Å²) in [5.74, 6) is 1.40. The Hall–Kier alpha value is -1.88.